The first-order valence-electron chi connectivity index (χ1n) is 8.15. The highest BCUT2D eigenvalue weighted by atomic mass is 16.5. The number of ether oxygens (including phenoxy) is 1. The molecule has 2 aromatic rings. The molecule has 0 saturated heterocycles. The lowest BCUT2D eigenvalue weighted by molar-refractivity contribution is -0.122. The summed E-state index contributed by atoms with van der Waals surface area (Å²) in [4.78, 5) is 24.3. The number of anilines is 2. The molecule has 1 aromatic heterocycles. The van der Waals surface area contributed by atoms with E-state index in [0.717, 1.165) is 5.69 Å². The van der Waals surface area contributed by atoms with E-state index in [-0.39, 0.29) is 17.4 Å². The average Bonchev–Trinajstić information content (AvgIpc) is 2.90. The molecular weight excluding hydrogens is 320 g/mol. The van der Waals surface area contributed by atoms with E-state index < -0.39 is 6.10 Å². The van der Waals surface area contributed by atoms with Crippen LogP contribution in [-0.2, 0) is 10.3 Å². The van der Waals surface area contributed by atoms with Gasteiger partial charge in [0.2, 0.25) is 0 Å². The van der Waals surface area contributed by atoms with Gasteiger partial charge in [-0.05, 0) is 52.8 Å². The summed E-state index contributed by atoms with van der Waals surface area (Å²) in [5, 5.41) is 9.92. The molecule has 1 aromatic carbocycles. The third-order valence-corrected chi connectivity index (χ3v) is 4.06. The van der Waals surface area contributed by atoms with Crippen molar-refractivity contribution < 1.29 is 14.3 Å². The zero-order chi connectivity index (χ0) is 18.4. The van der Waals surface area contributed by atoms with Gasteiger partial charge in [0.25, 0.3) is 11.8 Å². The molecule has 132 valence electrons. The monoisotopic (exact) mass is 342 g/mol. The molecule has 7 heteroatoms. The van der Waals surface area contributed by atoms with Crippen LogP contribution in [0.4, 0.5) is 11.4 Å². The largest absolute Gasteiger partial charge is 0.479 e. The second kappa shape index (κ2) is 5.91. The van der Waals surface area contributed by atoms with Crippen molar-refractivity contribution in [1.29, 1.82) is 0 Å². The minimum atomic E-state index is -0.529. The molecular formula is C18H22N4O3. The van der Waals surface area contributed by atoms with E-state index in [0.29, 0.717) is 22.7 Å². The van der Waals surface area contributed by atoms with Gasteiger partial charge < -0.3 is 15.4 Å². The predicted octanol–water partition coefficient (Wildman–Crippen LogP) is 2.92. The summed E-state index contributed by atoms with van der Waals surface area (Å²) in [7, 11) is 0. The van der Waals surface area contributed by atoms with Crippen molar-refractivity contribution in [3.63, 3.8) is 0 Å². The Morgan fingerprint density at radius 2 is 2.08 bits per heavy atom. The van der Waals surface area contributed by atoms with Crippen LogP contribution in [0.5, 0.6) is 5.75 Å². The first-order valence-corrected chi connectivity index (χ1v) is 8.15. The Bertz CT molecular complexity index is 848. The van der Waals surface area contributed by atoms with Gasteiger partial charge in [0.1, 0.15) is 5.75 Å². The van der Waals surface area contributed by atoms with E-state index >= 15 is 0 Å². The normalized spacial score (nSPS) is 16.7. The van der Waals surface area contributed by atoms with E-state index in [4.69, 9.17) is 4.74 Å². The minimum Gasteiger partial charge on any atom is -0.479 e. The SMILES string of the molecule is Cc1c(C(=O)Nc2ccc3c(c2)NC(=O)C(C)O3)cnn1C(C)(C)C. The van der Waals surface area contributed by atoms with E-state index in [1.54, 1.807) is 31.3 Å². The quantitative estimate of drug-likeness (QED) is 0.879. The number of hydrogen-bond acceptors (Lipinski definition) is 4. The van der Waals surface area contributed by atoms with Gasteiger partial charge in [-0.3, -0.25) is 14.3 Å². The highest BCUT2D eigenvalue weighted by Crippen LogP contribution is 2.32. The van der Waals surface area contributed by atoms with Gasteiger partial charge in [0, 0.05) is 11.4 Å². The van der Waals surface area contributed by atoms with Crippen LogP contribution in [0.25, 0.3) is 0 Å². The Morgan fingerprint density at radius 1 is 1.36 bits per heavy atom. The molecule has 0 fully saturated rings. The summed E-state index contributed by atoms with van der Waals surface area (Å²) in [6, 6.07) is 5.15. The van der Waals surface area contributed by atoms with Crippen molar-refractivity contribution in [3.8, 4) is 5.75 Å². The summed E-state index contributed by atoms with van der Waals surface area (Å²) < 4.78 is 7.33. The fourth-order valence-electron chi connectivity index (χ4n) is 2.79. The fourth-order valence-corrected chi connectivity index (χ4v) is 2.79. The van der Waals surface area contributed by atoms with E-state index in [1.165, 1.54) is 0 Å². The van der Waals surface area contributed by atoms with Crippen LogP contribution in [0.15, 0.2) is 24.4 Å². The van der Waals surface area contributed by atoms with E-state index in [1.807, 2.05) is 32.4 Å². The third-order valence-electron chi connectivity index (χ3n) is 4.06. The van der Waals surface area contributed by atoms with Crippen LogP contribution >= 0.6 is 0 Å². The number of benzene rings is 1. The second-order valence-electron chi connectivity index (χ2n) is 7.14. The Morgan fingerprint density at radius 3 is 2.72 bits per heavy atom. The maximum Gasteiger partial charge on any atom is 0.265 e. The van der Waals surface area contributed by atoms with Gasteiger partial charge >= 0.3 is 0 Å². The lowest BCUT2D eigenvalue weighted by Crippen LogP contribution is -2.34. The summed E-state index contributed by atoms with van der Waals surface area (Å²) in [5.74, 6) is 0.129. The summed E-state index contributed by atoms with van der Waals surface area (Å²) >= 11 is 0. The van der Waals surface area contributed by atoms with Crippen LogP contribution in [0, 0.1) is 6.92 Å². The lowest BCUT2D eigenvalue weighted by Gasteiger charge is -2.23. The molecule has 1 aliphatic heterocycles. The first kappa shape index (κ1) is 17.0. The molecule has 2 N–H and O–H groups in total. The van der Waals surface area contributed by atoms with Gasteiger partial charge in [-0.25, -0.2) is 0 Å². The van der Waals surface area contributed by atoms with Crippen molar-refractivity contribution in [2.75, 3.05) is 10.6 Å². The molecule has 0 spiro atoms. The van der Waals surface area contributed by atoms with E-state index in [2.05, 4.69) is 15.7 Å². The molecule has 0 radical (unpaired) electrons. The Labute approximate surface area is 146 Å². The number of nitrogens with one attached hydrogen (secondary N) is 2. The van der Waals surface area contributed by atoms with Crippen LogP contribution < -0.4 is 15.4 Å². The van der Waals surface area contributed by atoms with Crippen molar-refractivity contribution in [2.24, 2.45) is 0 Å². The maximum absolute atomic E-state index is 12.6. The second-order valence-corrected chi connectivity index (χ2v) is 7.14. The molecule has 2 amide bonds. The highest BCUT2D eigenvalue weighted by molar-refractivity contribution is 6.06. The third kappa shape index (κ3) is 3.22. The molecule has 0 bridgehead atoms. The zero-order valence-electron chi connectivity index (χ0n) is 15.0. The minimum absolute atomic E-state index is 0.202. The summed E-state index contributed by atoms with van der Waals surface area (Å²) in [5.41, 5.74) is 2.23. The van der Waals surface area contributed by atoms with Crippen molar-refractivity contribution in [3.05, 3.63) is 35.7 Å². The summed E-state index contributed by atoms with van der Waals surface area (Å²) in [6.45, 7) is 9.64. The first-order chi connectivity index (χ1) is 11.7. The molecule has 1 unspecified atom stereocenters. The van der Waals surface area contributed by atoms with Crippen molar-refractivity contribution >= 4 is 23.2 Å². The van der Waals surface area contributed by atoms with Crippen LogP contribution in [0.2, 0.25) is 0 Å². The molecule has 3 rings (SSSR count). The molecule has 0 saturated carbocycles. The molecule has 1 atom stereocenters. The topological polar surface area (TPSA) is 85.2 Å². The van der Waals surface area contributed by atoms with Gasteiger partial charge in [-0.1, -0.05) is 0 Å². The zero-order valence-corrected chi connectivity index (χ0v) is 15.0. The Hall–Kier alpha value is -2.83. The molecule has 1 aliphatic rings. The van der Waals surface area contributed by atoms with E-state index in [9.17, 15) is 9.59 Å². The number of carbonyl (C=O) groups is 2. The highest BCUT2D eigenvalue weighted by Gasteiger charge is 2.25. The van der Waals surface area contributed by atoms with Gasteiger partial charge in [-0.15, -0.1) is 0 Å². The number of aromatic nitrogens is 2. The molecule has 7 nitrogen and oxygen atoms in total. The lowest BCUT2D eigenvalue weighted by atomic mass is 10.1. The van der Waals surface area contributed by atoms with Gasteiger partial charge in [0.05, 0.1) is 23.0 Å². The van der Waals surface area contributed by atoms with Crippen LogP contribution in [0.3, 0.4) is 0 Å². The number of carbonyl (C=O) groups excluding carboxylic acids is 2. The maximum atomic E-state index is 12.6. The van der Waals surface area contributed by atoms with Crippen molar-refractivity contribution in [2.45, 2.75) is 46.3 Å². The molecule has 2 heterocycles. The predicted molar refractivity (Wildman–Crippen MR) is 95.1 cm³/mol. The smallest absolute Gasteiger partial charge is 0.265 e. The van der Waals surface area contributed by atoms with Gasteiger partial charge in [-0.2, -0.15) is 5.10 Å². The fraction of sp³-hybridized carbons (Fsp3) is 0.389. The Balaban J connectivity index is 1.82. The van der Waals surface area contributed by atoms with Crippen molar-refractivity contribution in [1.82, 2.24) is 9.78 Å². The van der Waals surface area contributed by atoms with Gasteiger partial charge in [0.15, 0.2) is 6.10 Å². The standard InChI is InChI=1S/C18H22N4O3/c1-10-13(9-19-22(10)18(3,4)5)17(24)20-12-6-7-15-14(8-12)21-16(23)11(2)25-15/h6-9,11H,1-5H3,(H,20,24)(H,21,23). The van der Waals surface area contributed by atoms with Crippen LogP contribution in [-0.4, -0.2) is 27.7 Å². The molecule has 0 aliphatic carbocycles. The van der Waals surface area contributed by atoms with Crippen LogP contribution in [0.1, 0.15) is 43.7 Å². The average molecular weight is 342 g/mol. The molecule has 25 heavy (non-hydrogen) atoms. The summed E-state index contributed by atoms with van der Waals surface area (Å²) in [6.07, 6.45) is 1.04. The number of nitrogens with zero attached hydrogens (tertiary/aromatic N) is 2. The number of hydrogen-bond donors (Lipinski definition) is 2. The number of fused-ring (bicyclic) bond motifs is 1. The number of amides is 2. The number of rotatable bonds is 2. The Kier molecular flexibility index (Phi) is 4.02.